The molecule has 1 fully saturated rings. The van der Waals surface area contributed by atoms with Crippen molar-refractivity contribution in [2.45, 2.75) is 45.7 Å². The number of hydrogen-bond donors (Lipinski definition) is 1. The van der Waals surface area contributed by atoms with Crippen molar-refractivity contribution in [2.24, 2.45) is 5.92 Å². The first-order valence-corrected chi connectivity index (χ1v) is 5.96. The average Bonchev–Trinajstić information content (AvgIpc) is 2.21. The monoisotopic (exact) mass is 223 g/mol. The molecular weight excluding hydrogens is 202 g/mol. The lowest BCUT2D eigenvalue weighted by Crippen LogP contribution is -2.59. The van der Waals surface area contributed by atoms with E-state index in [0.717, 1.165) is 19.5 Å². The molecule has 16 heavy (non-hydrogen) atoms. The van der Waals surface area contributed by atoms with Gasteiger partial charge in [-0.3, -0.25) is 4.79 Å². The van der Waals surface area contributed by atoms with E-state index in [2.05, 4.69) is 32.2 Å². The Morgan fingerprint density at radius 3 is 2.88 bits per heavy atom. The van der Waals surface area contributed by atoms with E-state index < -0.39 is 0 Å². The molecular formula is C12H21N3O. The molecule has 0 aliphatic carbocycles. The number of rotatable bonds is 4. The molecule has 90 valence electrons. The van der Waals surface area contributed by atoms with Crippen molar-refractivity contribution in [2.75, 3.05) is 13.1 Å². The Morgan fingerprint density at radius 1 is 1.62 bits per heavy atom. The molecule has 0 aromatic heterocycles. The number of carbonyl (C=O) groups is 1. The summed E-state index contributed by atoms with van der Waals surface area (Å²) in [7, 11) is 0. The van der Waals surface area contributed by atoms with E-state index >= 15 is 0 Å². The number of amides is 1. The molecule has 0 bridgehead atoms. The van der Waals surface area contributed by atoms with Crippen LogP contribution in [-0.4, -0.2) is 36.0 Å². The third-order valence-corrected chi connectivity index (χ3v) is 2.86. The van der Waals surface area contributed by atoms with Crippen molar-refractivity contribution in [3.63, 3.8) is 0 Å². The van der Waals surface area contributed by atoms with Crippen LogP contribution in [0.4, 0.5) is 0 Å². The lowest BCUT2D eigenvalue weighted by molar-refractivity contribution is -0.136. The lowest BCUT2D eigenvalue weighted by Gasteiger charge is -2.36. The van der Waals surface area contributed by atoms with Crippen LogP contribution in [0.2, 0.25) is 0 Å². The molecule has 0 spiro atoms. The summed E-state index contributed by atoms with van der Waals surface area (Å²) in [5.41, 5.74) is 0. The van der Waals surface area contributed by atoms with Gasteiger partial charge in [-0.2, -0.15) is 5.26 Å². The van der Waals surface area contributed by atoms with Crippen LogP contribution in [0.25, 0.3) is 0 Å². The number of carbonyl (C=O) groups excluding carboxylic acids is 1. The highest BCUT2D eigenvalue weighted by molar-refractivity contribution is 5.83. The molecule has 0 radical (unpaired) electrons. The number of nitrogens with one attached hydrogen (secondary N) is 1. The van der Waals surface area contributed by atoms with E-state index in [0.29, 0.717) is 5.92 Å². The van der Waals surface area contributed by atoms with Gasteiger partial charge in [0.2, 0.25) is 5.91 Å². The molecule has 0 saturated carbocycles. The quantitative estimate of drug-likeness (QED) is 0.777. The van der Waals surface area contributed by atoms with Crippen molar-refractivity contribution >= 4 is 5.91 Å². The molecule has 1 aliphatic heterocycles. The normalized spacial score (nSPS) is 25.9. The average molecular weight is 223 g/mol. The Labute approximate surface area is 97.6 Å². The Balaban J connectivity index is 2.55. The second kappa shape index (κ2) is 5.86. The van der Waals surface area contributed by atoms with Crippen LogP contribution in [0, 0.1) is 17.2 Å². The van der Waals surface area contributed by atoms with E-state index in [1.807, 2.05) is 4.90 Å². The molecule has 1 saturated heterocycles. The fraction of sp³-hybridized carbons (Fsp3) is 0.833. The lowest BCUT2D eigenvalue weighted by atomic mass is 10.1. The summed E-state index contributed by atoms with van der Waals surface area (Å²) in [5.74, 6) is 0.688. The highest BCUT2D eigenvalue weighted by Crippen LogP contribution is 2.11. The number of nitriles is 1. The van der Waals surface area contributed by atoms with E-state index in [1.165, 1.54) is 0 Å². The Bertz CT molecular complexity index is 282. The smallest absolute Gasteiger partial charge is 0.240 e. The highest BCUT2D eigenvalue weighted by atomic mass is 16.2. The maximum atomic E-state index is 12.0. The molecule has 1 aliphatic rings. The standard InChI is InChI=1S/C12H21N3O/c1-9(2)5-7-15-8-10(3)14-11(4-6-13)12(15)16/h9-11,14H,4-5,7-8H2,1-3H3. The zero-order valence-electron chi connectivity index (χ0n) is 10.4. The van der Waals surface area contributed by atoms with E-state index in [1.54, 1.807) is 0 Å². The molecule has 0 aromatic rings. The maximum Gasteiger partial charge on any atom is 0.240 e. The summed E-state index contributed by atoms with van der Waals surface area (Å²) in [6.07, 6.45) is 1.29. The van der Waals surface area contributed by atoms with Gasteiger partial charge in [-0.1, -0.05) is 13.8 Å². The maximum absolute atomic E-state index is 12.0. The first kappa shape index (κ1) is 13.0. The topological polar surface area (TPSA) is 56.1 Å². The second-order valence-electron chi connectivity index (χ2n) is 4.95. The van der Waals surface area contributed by atoms with Crippen LogP contribution in [0.1, 0.15) is 33.6 Å². The minimum absolute atomic E-state index is 0.0836. The van der Waals surface area contributed by atoms with Crippen LogP contribution in [0.3, 0.4) is 0 Å². The van der Waals surface area contributed by atoms with Gasteiger partial charge < -0.3 is 10.2 Å². The van der Waals surface area contributed by atoms with Gasteiger partial charge >= 0.3 is 0 Å². The molecule has 4 heteroatoms. The first-order valence-electron chi connectivity index (χ1n) is 5.96. The summed E-state index contributed by atoms with van der Waals surface area (Å²) in [4.78, 5) is 13.9. The van der Waals surface area contributed by atoms with Crippen molar-refractivity contribution in [1.82, 2.24) is 10.2 Å². The third kappa shape index (κ3) is 3.49. The molecule has 1 N–H and O–H groups in total. The van der Waals surface area contributed by atoms with Crippen LogP contribution in [0.5, 0.6) is 0 Å². The van der Waals surface area contributed by atoms with Crippen molar-refractivity contribution in [3.8, 4) is 6.07 Å². The largest absolute Gasteiger partial charge is 0.340 e. The van der Waals surface area contributed by atoms with Crippen LogP contribution in [0.15, 0.2) is 0 Å². The number of piperazine rings is 1. The van der Waals surface area contributed by atoms with Gasteiger partial charge in [0.15, 0.2) is 0 Å². The zero-order chi connectivity index (χ0) is 12.1. The third-order valence-electron chi connectivity index (χ3n) is 2.86. The summed E-state index contributed by atoms with van der Waals surface area (Å²) < 4.78 is 0. The van der Waals surface area contributed by atoms with Crippen LogP contribution >= 0.6 is 0 Å². The predicted octanol–water partition coefficient (Wildman–Crippen LogP) is 1.14. The minimum atomic E-state index is -0.305. The number of nitrogens with zero attached hydrogens (tertiary/aromatic N) is 2. The van der Waals surface area contributed by atoms with Gasteiger partial charge in [0.25, 0.3) is 0 Å². The zero-order valence-corrected chi connectivity index (χ0v) is 10.4. The van der Waals surface area contributed by atoms with Crippen molar-refractivity contribution in [1.29, 1.82) is 5.26 Å². The summed E-state index contributed by atoms with van der Waals surface area (Å²) in [6.45, 7) is 7.93. The number of hydrogen-bond acceptors (Lipinski definition) is 3. The predicted molar refractivity (Wildman–Crippen MR) is 62.7 cm³/mol. The molecule has 0 aromatic carbocycles. The molecule has 1 heterocycles. The van der Waals surface area contributed by atoms with Gasteiger partial charge in [0, 0.05) is 19.1 Å². The Morgan fingerprint density at radius 2 is 2.31 bits per heavy atom. The van der Waals surface area contributed by atoms with E-state index in [9.17, 15) is 4.79 Å². The molecule has 4 nitrogen and oxygen atoms in total. The minimum Gasteiger partial charge on any atom is -0.340 e. The Hall–Kier alpha value is -1.08. The first-order chi connectivity index (χ1) is 7.54. The fourth-order valence-corrected chi connectivity index (χ4v) is 1.96. The summed E-state index contributed by atoms with van der Waals surface area (Å²) in [5, 5.41) is 11.8. The van der Waals surface area contributed by atoms with Crippen LogP contribution < -0.4 is 5.32 Å². The van der Waals surface area contributed by atoms with Crippen LogP contribution in [-0.2, 0) is 4.79 Å². The van der Waals surface area contributed by atoms with Gasteiger partial charge in [0.1, 0.15) is 6.04 Å². The van der Waals surface area contributed by atoms with Crippen molar-refractivity contribution in [3.05, 3.63) is 0 Å². The highest BCUT2D eigenvalue weighted by Gasteiger charge is 2.31. The van der Waals surface area contributed by atoms with Crippen molar-refractivity contribution < 1.29 is 4.79 Å². The molecule has 2 atom stereocenters. The Kier molecular flexibility index (Phi) is 4.75. The molecule has 2 unspecified atom stereocenters. The SMILES string of the molecule is CC(C)CCN1CC(C)NC(CC#N)C1=O. The van der Waals surface area contributed by atoms with E-state index in [-0.39, 0.29) is 24.4 Å². The summed E-state index contributed by atoms with van der Waals surface area (Å²) in [6, 6.07) is 2.04. The molecule has 1 rings (SSSR count). The van der Waals surface area contributed by atoms with Gasteiger partial charge in [-0.05, 0) is 19.3 Å². The van der Waals surface area contributed by atoms with E-state index in [4.69, 9.17) is 5.26 Å². The summed E-state index contributed by atoms with van der Waals surface area (Å²) >= 11 is 0. The van der Waals surface area contributed by atoms with Gasteiger partial charge in [0.05, 0.1) is 12.5 Å². The van der Waals surface area contributed by atoms with Gasteiger partial charge in [-0.15, -0.1) is 0 Å². The fourth-order valence-electron chi connectivity index (χ4n) is 1.96. The second-order valence-corrected chi connectivity index (χ2v) is 4.95. The van der Waals surface area contributed by atoms with Gasteiger partial charge in [-0.25, -0.2) is 0 Å². The molecule has 1 amide bonds.